The van der Waals surface area contributed by atoms with E-state index in [0.29, 0.717) is 0 Å². The van der Waals surface area contributed by atoms with Crippen LogP contribution in [-0.2, 0) is 5.54 Å². The fraction of sp³-hybridized carbons (Fsp3) is 0.538. The Bertz CT molecular complexity index is 438. The summed E-state index contributed by atoms with van der Waals surface area (Å²) in [6.45, 7) is 8.30. The van der Waals surface area contributed by atoms with Crippen molar-refractivity contribution >= 4 is 15.9 Å². The zero-order chi connectivity index (χ0) is 12.1. The first kappa shape index (κ1) is 11.9. The predicted molar refractivity (Wildman–Crippen MR) is 69.7 cm³/mol. The minimum atomic E-state index is -0.328. The maximum Gasteiger partial charge on any atom is 0.139 e. The lowest BCUT2D eigenvalue weighted by molar-refractivity contribution is 0.0493. The van der Waals surface area contributed by atoms with Gasteiger partial charge in [-0.05, 0) is 55.3 Å². The summed E-state index contributed by atoms with van der Waals surface area (Å²) in [5, 5.41) is 0. The number of aryl methyl sites for hydroxylation is 1. The molecule has 0 aromatic heterocycles. The Morgan fingerprint density at radius 3 is 2.56 bits per heavy atom. The molecule has 1 aromatic rings. The fourth-order valence-electron chi connectivity index (χ4n) is 2.55. The first-order valence-corrected chi connectivity index (χ1v) is 6.29. The molecular formula is C13H18BrNO. The van der Waals surface area contributed by atoms with E-state index >= 15 is 0 Å². The maximum atomic E-state index is 6.40. The molecule has 88 valence electrons. The van der Waals surface area contributed by atoms with Crippen molar-refractivity contribution in [2.24, 2.45) is 5.73 Å². The third-order valence-corrected chi connectivity index (χ3v) is 3.56. The molecule has 0 saturated carbocycles. The van der Waals surface area contributed by atoms with Crippen LogP contribution in [0.1, 0.15) is 38.3 Å². The average molecular weight is 284 g/mol. The minimum absolute atomic E-state index is 0.214. The molecule has 0 bridgehead atoms. The molecule has 16 heavy (non-hydrogen) atoms. The van der Waals surface area contributed by atoms with Gasteiger partial charge in [0.15, 0.2) is 0 Å². The smallest absolute Gasteiger partial charge is 0.139 e. The molecule has 0 saturated heterocycles. The number of nitrogens with two attached hydrogens (primary N) is 1. The first-order chi connectivity index (χ1) is 7.21. The highest BCUT2D eigenvalue weighted by Gasteiger charge is 2.40. The Labute approximate surface area is 105 Å². The number of fused-ring (bicyclic) bond motifs is 1. The first-order valence-electron chi connectivity index (χ1n) is 5.50. The van der Waals surface area contributed by atoms with Gasteiger partial charge in [-0.3, -0.25) is 0 Å². The van der Waals surface area contributed by atoms with Gasteiger partial charge in [-0.15, -0.1) is 0 Å². The van der Waals surface area contributed by atoms with E-state index in [2.05, 4.69) is 55.8 Å². The highest BCUT2D eigenvalue weighted by molar-refractivity contribution is 9.10. The Morgan fingerprint density at radius 2 is 1.94 bits per heavy atom. The molecule has 0 radical (unpaired) electrons. The lowest BCUT2D eigenvalue weighted by Gasteiger charge is -2.42. The van der Waals surface area contributed by atoms with Crippen molar-refractivity contribution < 1.29 is 4.74 Å². The second kappa shape index (κ2) is 3.47. The van der Waals surface area contributed by atoms with Crippen molar-refractivity contribution in [3.8, 4) is 5.75 Å². The van der Waals surface area contributed by atoms with E-state index < -0.39 is 0 Å². The van der Waals surface area contributed by atoms with E-state index in [-0.39, 0.29) is 11.1 Å². The normalized spacial score (nSPS) is 27.1. The van der Waals surface area contributed by atoms with Crippen LogP contribution in [0.3, 0.4) is 0 Å². The molecule has 1 aromatic carbocycles. The highest BCUT2D eigenvalue weighted by atomic mass is 79.9. The van der Waals surface area contributed by atoms with Crippen LogP contribution in [0.25, 0.3) is 0 Å². The van der Waals surface area contributed by atoms with E-state index in [0.717, 1.165) is 22.2 Å². The lowest BCUT2D eigenvalue weighted by Crippen LogP contribution is -2.47. The van der Waals surface area contributed by atoms with Crippen LogP contribution in [0.5, 0.6) is 5.75 Å². The zero-order valence-corrected chi connectivity index (χ0v) is 11.8. The SMILES string of the molecule is Cc1cc(Br)c2c(c1)C(C)(N)CC(C)(C)O2. The summed E-state index contributed by atoms with van der Waals surface area (Å²) in [6.07, 6.45) is 0.822. The number of ether oxygens (including phenoxy) is 1. The van der Waals surface area contributed by atoms with Crippen LogP contribution in [-0.4, -0.2) is 5.60 Å². The average Bonchev–Trinajstić information content (AvgIpc) is 2.05. The lowest BCUT2D eigenvalue weighted by atomic mass is 9.79. The molecule has 1 aliphatic rings. The molecule has 3 heteroatoms. The van der Waals surface area contributed by atoms with Crippen LogP contribution in [0.2, 0.25) is 0 Å². The largest absolute Gasteiger partial charge is 0.486 e. The summed E-state index contributed by atoms with van der Waals surface area (Å²) in [5.41, 5.74) is 8.16. The van der Waals surface area contributed by atoms with Gasteiger partial charge in [-0.1, -0.05) is 6.07 Å². The van der Waals surface area contributed by atoms with Gasteiger partial charge in [0.2, 0.25) is 0 Å². The summed E-state index contributed by atoms with van der Waals surface area (Å²) in [7, 11) is 0. The van der Waals surface area contributed by atoms with E-state index in [1.54, 1.807) is 0 Å². The van der Waals surface area contributed by atoms with Gasteiger partial charge < -0.3 is 10.5 Å². The molecule has 2 nitrogen and oxygen atoms in total. The summed E-state index contributed by atoms with van der Waals surface area (Å²) >= 11 is 3.56. The summed E-state index contributed by atoms with van der Waals surface area (Å²) in [5.74, 6) is 0.895. The Balaban J connectivity index is 2.64. The van der Waals surface area contributed by atoms with Crippen molar-refractivity contribution in [3.63, 3.8) is 0 Å². The molecule has 1 aliphatic heterocycles. The van der Waals surface area contributed by atoms with Crippen molar-refractivity contribution in [1.82, 2.24) is 0 Å². The standard InChI is InChI=1S/C13H18BrNO/c1-8-5-9-11(10(14)6-8)16-12(2,3)7-13(9,4)15/h5-6H,7,15H2,1-4H3. The molecule has 0 amide bonds. The van der Waals surface area contributed by atoms with Crippen molar-refractivity contribution in [3.05, 3.63) is 27.7 Å². The monoisotopic (exact) mass is 283 g/mol. The van der Waals surface area contributed by atoms with Gasteiger partial charge >= 0.3 is 0 Å². The summed E-state index contributed by atoms with van der Waals surface area (Å²) in [6, 6.07) is 4.19. The molecule has 0 aliphatic carbocycles. The molecular weight excluding hydrogens is 266 g/mol. The van der Waals surface area contributed by atoms with Gasteiger partial charge in [-0.25, -0.2) is 0 Å². The molecule has 1 heterocycles. The number of hydrogen-bond donors (Lipinski definition) is 1. The second-order valence-corrected chi connectivity index (χ2v) is 6.43. The van der Waals surface area contributed by atoms with Gasteiger partial charge in [0.25, 0.3) is 0 Å². The third-order valence-electron chi connectivity index (χ3n) is 2.97. The Kier molecular flexibility index (Phi) is 2.59. The van der Waals surface area contributed by atoms with E-state index in [9.17, 15) is 0 Å². The number of rotatable bonds is 0. The summed E-state index contributed by atoms with van der Waals surface area (Å²) in [4.78, 5) is 0. The van der Waals surface area contributed by atoms with Crippen LogP contribution in [0.15, 0.2) is 16.6 Å². The molecule has 2 rings (SSSR count). The number of halogens is 1. The quantitative estimate of drug-likeness (QED) is 0.791. The fourth-order valence-corrected chi connectivity index (χ4v) is 3.20. The molecule has 2 N–H and O–H groups in total. The van der Waals surface area contributed by atoms with Gasteiger partial charge in [-0.2, -0.15) is 0 Å². The topological polar surface area (TPSA) is 35.2 Å². The second-order valence-electron chi connectivity index (χ2n) is 5.58. The molecule has 1 atom stereocenters. The van der Waals surface area contributed by atoms with E-state index in [1.165, 1.54) is 5.56 Å². The highest BCUT2D eigenvalue weighted by Crippen LogP contribution is 2.45. The van der Waals surface area contributed by atoms with Gasteiger partial charge in [0, 0.05) is 17.5 Å². The van der Waals surface area contributed by atoms with Crippen molar-refractivity contribution in [2.45, 2.75) is 45.3 Å². The number of benzene rings is 1. The van der Waals surface area contributed by atoms with E-state index in [4.69, 9.17) is 10.5 Å². The van der Waals surface area contributed by atoms with Crippen LogP contribution in [0, 0.1) is 6.92 Å². The Hall–Kier alpha value is -0.540. The Morgan fingerprint density at radius 1 is 1.31 bits per heavy atom. The minimum Gasteiger partial charge on any atom is -0.486 e. The van der Waals surface area contributed by atoms with Crippen molar-refractivity contribution in [1.29, 1.82) is 0 Å². The van der Waals surface area contributed by atoms with Gasteiger partial charge in [0.1, 0.15) is 11.4 Å². The molecule has 1 unspecified atom stereocenters. The van der Waals surface area contributed by atoms with Crippen molar-refractivity contribution in [2.75, 3.05) is 0 Å². The van der Waals surface area contributed by atoms with E-state index in [1.807, 2.05) is 0 Å². The summed E-state index contributed by atoms with van der Waals surface area (Å²) < 4.78 is 7.01. The maximum absolute atomic E-state index is 6.40. The van der Waals surface area contributed by atoms with Crippen LogP contribution < -0.4 is 10.5 Å². The zero-order valence-electron chi connectivity index (χ0n) is 10.2. The van der Waals surface area contributed by atoms with Gasteiger partial charge in [0.05, 0.1) is 4.47 Å². The predicted octanol–water partition coefficient (Wildman–Crippen LogP) is 3.49. The number of hydrogen-bond acceptors (Lipinski definition) is 2. The van der Waals surface area contributed by atoms with Crippen LogP contribution >= 0.6 is 15.9 Å². The third kappa shape index (κ3) is 1.98. The molecule has 0 fully saturated rings. The van der Waals surface area contributed by atoms with Crippen LogP contribution in [0.4, 0.5) is 0 Å². The molecule has 0 spiro atoms.